The van der Waals surface area contributed by atoms with Gasteiger partial charge in [0.2, 0.25) is 11.9 Å². The second-order valence-corrected chi connectivity index (χ2v) is 35.7. The lowest BCUT2D eigenvalue weighted by molar-refractivity contribution is 0.0943. The lowest BCUT2D eigenvalue weighted by Crippen LogP contribution is -2.36. The number of ether oxygens (including phenoxy) is 10. The normalized spacial score (nSPS) is 20.6. The third-order valence-electron chi connectivity index (χ3n) is 26.0. The number of amides is 1. The molecule has 9 aromatic heterocycles. The predicted molar refractivity (Wildman–Crippen MR) is 531 cm³/mol. The molecule has 39 heteroatoms. The van der Waals surface area contributed by atoms with E-state index in [1.165, 1.54) is 12.4 Å². The van der Waals surface area contributed by atoms with Gasteiger partial charge in [-0.1, -0.05) is 5.16 Å². The van der Waals surface area contributed by atoms with Gasteiger partial charge in [0.15, 0.2) is 5.82 Å². The molecule has 8 fully saturated rings. The van der Waals surface area contributed by atoms with Crippen LogP contribution in [0.2, 0.25) is 0 Å². The molecule has 4 saturated carbocycles. The number of aryl methyl sites for hydroxylation is 1. The van der Waals surface area contributed by atoms with Crippen molar-refractivity contribution in [2.45, 2.75) is 179 Å². The molecule has 4 aliphatic heterocycles. The molecule has 0 spiro atoms. The topological polar surface area (TPSA) is 435 Å². The molecule has 4 aromatic carbocycles. The molecule has 21 rings (SSSR count). The summed E-state index contributed by atoms with van der Waals surface area (Å²) < 4.78 is 64.1. The van der Waals surface area contributed by atoms with Gasteiger partial charge in [0.05, 0.1) is 130 Å². The maximum Gasteiger partial charge on any atom is 0.318 e. The van der Waals surface area contributed by atoms with Crippen molar-refractivity contribution in [2.75, 3.05) is 179 Å². The first-order chi connectivity index (χ1) is 69.0. The number of nitrogens with one attached hydrogen (secondary N) is 5. The number of aliphatic hydroxyl groups is 1. The number of carbonyl (C=O) groups excluding carboxylic acids is 1. The average Bonchev–Trinajstić information content (AvgIpc) is 1.68. The van der Waals surface area contributed by atoms with Crippen LogP contribution in [0.15, 0.2) is 158 Å². The highest BCUT2D eigenvalue weighted by molar-refractivity contribution is 5.94. The van der Waals surface area contributed by atoms with Gasteiger partial charge in [0.1, 0.15) is 56.7 Å². The van der Waals surface area contributed by atoms with Gasteiger partial charge in [-0.2, -0.15) is 9.97 Å². The number of hydrogen-bond donors (Lipinski definition) is 6. The van der Waals surface area contributed by atoms with Crippen LogP contribution in [0.3, 0.4) is 0 Å². The Bertz CT molecular complexity index is 6090. The highest BCUT2D eigenvalue weighted by Crippen LogP contribution is 2.40. The zero-order valence-corrected chi connectivity index (χ0v) is 79.7. The molecule has 140 heavy (non-hydrogen) atoms. The molecule has 13 heterocycles. The quantitative estimate of drug-likeness (QED) is 0.0228. The van der Waals surface area contributed by atoms with Crippen molar-refractivity contribution in [1.82, 2.24) is 90.2 Å². The molecule has 0 unspecified atom stereocenters. The van der Waals surface area contributed by atoms with E-state index in [0.29, 0.717) is 66.5 Å². The number of hydrogen-bond acceptors (Lipinski definition) is 38. The zero-order chi connectivity index (χ0) is 95.4. The predicted octanol–water partition coefficient (Wildman–Crippen LogP) is 12.9. The minimum Gasteiger partial charge on any atom is -0.488 e. The van der Waals surface area contributed by atoms with Crippen LogP contribution >= 0.6 is 0 Å². The summed E-state index contributed by atoms with van der Waals surface area (Å²) in [4.78, 5) is 92.4. The fourth-order valence-electron chi connectivity index (χ4n) is 18.6. The number of rotatable bonds is 30. The Balaban J connectivity index is 0.000000124. The zero-order valence-electron chi connectivity index (χ0n) is 79.7. The van der Waals surface area contributed by atoms with Crippen molar-refractivity contribution in [3.63, 3.8) is 0 Å². The van der Waals surface area contributed by atoms with Crippen LogP contribution in [-0.4, -0.2) is 283 Å². The number of anilines is 8. The summed E-state index contributed by atoms with van der Waals surface area (Å²) in [5.41, 5.74) is 13.4. The number of fused-ring (bicyclic) bond motifs is 4. The van der Waals surface area contributed by atoms with E-state index in [1.54, 1.807) is 68.9 Å². The van der Waals surface area contributed by atoms with Crippen molar-refractivity contribution in [2.24, 2.45) is 0 Å². The second kappa shape index (κ2) is 48.8. The Labute approximate surface area is 812 Å². The van der Waals surface area contributed by atoms with Crippen LogP contribution < -0.4 is 69.9 Å². The summed E-state index contributed by atoms with van der Waals surface area (Å²) in [7, 11) is 0. The Morgan fingerprint density at radius 1 is 0.400 bits per heavy atom. The van der Waals surface area contributed by atoms with Gasteiger partial charge < -0.3 is 103 Å². The highest BCUT2D eigenvalue weighted by Gasteiger charge is 2.32. The number of aliphatic hydroxyl groups excluding tert-OH is 1. The summed E-state index contributed by atoms with van der Waals surface area (Å²) in [5.74, 6) is 6.85. The molecule has 6 N–H and O–H groups in total. The Hall–Kier alpha value is -13.6. The van der Waals surface area contributed by atoms with Crippen LogP contribution in [0.4, 0.5) is 46.3 Å². The molecular weight excluding hydrogens is 1790 g/mol. The second-order valence-electron chi connectivity index (χ2n) is 35.7. The molecule has 736 valence electrons. The Morgan fingerprint density at radius 2 is 0.779 bits per heavy atom. The fraction of sp³-hybridized carbons (Fsp3) is 0.485. The van der Waals surface area contributed by atoms with E-state index in [2.05, 4.69) is 180 Å². The van der Waals surface area contributed by atoms with Gasteiger partial charge >= 0.3 is 6.01 Å². The molecule has 39 nitrogen and oxygen atoms in total. The summed E-state index contributed by atoms with van der Waals surface area (Å²) >= 11 is 0. The molecule has 4 aliphatic carbocycles. The molecule has 8 aliphatic rings. The van der Waals surface area contributed by atoms with Crippen molar-refractivity contribution in [3.8, 4) is 40.5 Å². The maximum atomic E-state index is 11.9. The monoisotopic (exact) mass is 1910 g/mol. The number of pyridine rings is 1. The smallest absolute Gasteiger partial charge is 0.318 e. The lowest BCUT2D eigenvalue weighted by atomic mass is 9.93. The lowest BCUT2D eigenvalue weighted by Gasteiger charge is -2.31. The van der Waals surface area contributed by atoms with Crippen molar-refractivity contribution in [3.05, 3.63) is 170 Å². The van der Waals surface area contributed by atoms with Gasteiger partial charge in [-0.05, 0) is 178 Å². The molecule has 13 aromatic rings. The maximum absolute atomic E-state index is 11.9. The molecule has 4 saturated heterocycles. The van der Waals surface area contributed by atoms with E-state index in [-0.39, 0.29) is 49.5 Å². The molecule has 1 amide bonds. The van der Waals surface area contributed by atoms with Gasteiger partial charge in [-0.3, -0.25) is 24.7 Å². The standard InChI is InChI=1S/C26H29N7O3.C26H34N6O3.C25H31N7O4.C24H30N6O3/c1-17-30-26(36-32-17)18-2-7-24(29-16-18)31-19-3-5-21(6-4-19)35-23-15-20(33-10-12-34-13-11-33)14-22-25(23)28-9-8-27-22;1-2-33-12-7-19-17-29-26(30-18-19)31-20-3-5-22(6-4-20)35-24-16-21(32-10-13-34-14-11-32)15-23-25(24)28-9-8-27-23;33-10-7-28-24(34)17-15-29-25(30-16-17)31-18-1-3-20(4-2-18)36-22-14-19(32-8-11-35-12-9-32)13-21-23(22)27-6-5-26-21;1-2-32-24-27-8-7-22(29-24)28-17-3-5-19(6-4-17)33-21-16-18(30-11-13-31-14-12-30)15-20-23(21)26-10-9-25-20/h2,7-9,14-16,19,21H,3-6,10-13H2,1H3,(H,29,31);8-9,15-18,20,22H,2-7,10-14H2,1H3,(H,29,30,31);5-6,13-16,18,20,33H,1-4,7-12H2,(H,28,34)(H,29,30,31);7-10,15-17,19H,2-6,11-14H2,1H3,(H,27,28,29). The summed E-state index contributed by atoms with van der Waals surface area (Å²) in [6.07, 6.45) is 40.8. The largest absolute Gasteiger partial charge is 0.488 e. The van der Waals surface area contributed by atoms with E-state index < -0.39 is 0 Å². The van der Waals surface area contributed by atoms with Gasteiger partial charge in [0.25, 0.3) is 11.8 Å². The minimum atomic E-state index is -0.303. The number of morpholine rings is 4. The van der Waals surface area contributed by atoms with Crippen LogP contribution in [-0.2, 0) is 30.1 Å². The first-order valence-electron chi connectivity index (χ1n) is 49.3. The summed E-state index contributed by atoms with van der Waals surface area (Å²) in [6.45, 7) is 20.6. The minimum absolute atomic E-state index is 0.0895. The third-order valence-corrected chi connectivity index (χ3v) is 26.0. The number of carbonyl (C=O) groups is 1. The van der Waals surface area contributed by atoms with Gasteiger partial charge in [-0.25, -0.2) is 49.8 Å². The SMILES string of the molecule is CCOCCc1cnc(NC2CCC(Oc3cc(N4CCOCC4)cc4nccnc34)CC2)nc1.CCOc1nccc(NC2CCC(Oc3cc(N4CCOCC4)cc4nccnc34)CC2)n1.Cc1noc(-c2ccc(NC3CCC(Oc4cc(N5CCOCC5)cc5nccnc45)CC3)nc2)n1.O=C(NCCO)c1cnc(NC2CCC(Oc3cc(N4CCOCC4)cc4nccnc34)CC2)nc1. The van der Waals surface area contributed by atoms with Crippen molar-refractivity contribution < 1.29 is 61.8 Å². The van der Waals surface area contributed by atoms with Crippen molar-refractivity contribution >= 4 is 96.3 Å². The van der Waals surface area contributed by atoms with Gasteiger partial charge in [-0.15, -0.1) is 0 Å². The van der Waals surface area contributed by atoms with E-state index in [1.807, 2.05) is 44.4 Å². The molecule has 0 atom stereocenters. The molecule has 0 bridgehead atoms. The van der Waals surface area contributed by atoms with Crippen LogP contribution in [0.25, 0.3) is 55.6 Å². The summed E-state index contributed by atoms with van der Waals surface area (Å²) in [6, 6.07) is 24.3. The van der Waals surface area contributed by atoms with E-state index in [9.17, 15) is 4.79 Å². The van der Waals surface area contributed by atoms with Crippen LogP contribution in [0.1, 0.15) is 138 Å². The first kappa shape index (κ1) is 96.7. The molecule has 0 radical (unpaired) electrons. The first-order valence-corrected chi connectivity index (χ1v) is 49.3. The average molecular weight is 1910 g/mol. The van der Waals surface area contributed by atoms with Crippen molar-refractivity contribution in [1.29, 1.82) is 0 Å². The van der Waals surface area contributed by atoms with Crippen LogP contribution in [0.5, 0.6) is 29.0 Å². The Morgan fingerprint density at radius 3 is 1.14 bits per heavy atom. The number of nitrogens with zero attached hydrogens (tertiary/aromatic N) is 21. The Kier molecular flexibility index (Phi) is 33.7. The number of aromatic nitrogens is 17. The van der Waals surface area contributed by atoms with E-state index >= 15 is 0 Å². The van der Waals surface area contributed by atoms with Crippen LogP contribution in [0, 0.1) is 6.92 Å². The molecular formula is C101H124N26O13. The van der Waals surface area contributed by atoms with Gasteiger partial charge in [0, 0.05) is 223 Å². The number of benzene rings is 4. The fourth-order valence-corrected chi connectivity index (χ4v) is 18.6. The van der Waals surface area contributed by atoms with E-state index in [0.717, 1.165) is 334 Å². The third kappa shape index (κ3) is 26.5. The summed E-state index contributed by atoms with van der Waals surface area (Å²) in [5, 5.41) is 29.2. The highest BCUT2D eigenvalue weighted by atomic mass is 16.5. The van der Waals surface area contributed by atoms with E-state index in [4.69, 9.17) is 57.0 Å².